The first-order chi connectivity index (χ1) is 8.20. The minimum atomic E-state index is -0.00443. The van der Waals surface area contributed by atoms with Gasteiger partial charge >= 0.3 is 0 Å². The number of nitrogens with zero attached hydrogens (tertiary/aromatic N) is 1. The molecular weight excluding hydrogens is 284 g/mol. The van der Waals surface area contributed by atoms with Crippen molar-refractivity contribution in [2.75, 3.05) is 7.11 Å². The molecule has 1 aliphatic carbocycles. The van der Waals surface area contributed by atoms with Crippen molar-refractivity contribution in [1.29, 1.82) is 0 Å². The zero-order chi connectivity index (χ0) is 12.3. The van der Waals surface area contributed by atoms with E-state index in [-0.39, 0.29) is 11.8 Å². The van der Waals surface area contributed by atoms with Gasteiger partial charge in [-0.15, -0.1) is 0 Å². The first-order valence-corrected chi connectivity index (χ1v) is 6.16. The Kier molecular flexibility index (Phi) is 3.78. The largest absolute Gasteiger partial charge is 0.496 e. The van der Waals surface area contributed by atoms with Gasteiger partial charge in [-0.05, 0) is 31.0 Å². The summed E-state index contributed by atoms with van der Waals surface area (Å²) in [6, 6.07) is 5.61. The lowest BCUT2D eigenvalue weighted by molar-refractivity contribution is -0.122. The maximum Gasteiger partial charge on any atom is 0.243 e. The Balaban J connectivity index is 2.03. The summed E-state index contributed by atoms with van der Waals surface area (Å²) in [6.45, 7) is 0. The molecule has 17 heavy (non-hydrogen) atoms. The number of hydrazone groups is 1. The molecule has 5 heteroatoms. The van der Waals surface area contributed by atoms with Crippen LogP contribution in [0.2, 0.25) is 0 Å². The van der Waals surface area contributed by atoms with Crippen LogP contribution in [0.15, 0.2) is 27.8 Å². The van der Waals surface area contributed by atoms with Crippen molar-refractivity contribution in [3.8, 4) is 5.75 Å². The molecule has 1 aromatic rings. The summed E-state index contributed by atoms with van der Waals surface area (Å²) >= 11 is 3.37. The predicted molar refractivity (Wildman–Crippen MR) is 69.2 cm³/mol. The maximum absolute atomic E-state index is 11.4. The normalized spacial score (nSPS) is 14.9. The molecule has 0 saturated heterocycles. The molecule has 0 atom stereocenters. The van der Waals surface area contributed by atoms with Crippen molar-refractivity contribution < 1.29 is 9.53 Å². The van der Waals surface area contributed by atoms with Gasteiger partial charge in [0.15, 0.2) is 0 Å². The van der Waals surface area contributed by atoms with E-state index >= 15 is 0 Å². The van der Waals surface area contributed by atoms with Crippen molar-refractivity contribution in [2.45, 2.75) is 12.8 Å². The third kappa shape index (κ3) is 3.30. The van der Waals surface area contributed by atoms with Crippen LogP contribution < -0.4 is 10.2 Å². The molecule has 4 nitrogen and oxygen atoms in total. The van der Waals surface area contributed by atoms with E-state index in [9.17, 15) is 4.79 Å². The topological polar surface area (TPSA) is 50.7 Å². The lowest BCUT2D eigenvalue weighted by atomic mass is 10.2. The van der Waals surface area contributed by atoms with Gasteiger partial charge in [0.25, 0.3) is 0 Å². The Morgan fingerprint density at radius 2 is 2.35 bits per heavy atom. The van der Waals surface area contributed by atoms with Crippen molar-refractivity contribution in [3.63, 3.8) is 0 Å². The van der Waals surface area contributed by atoms with Gasteiger partial charge in [0.2, 0.25) is 5.91 Å². The van der Waals surface area contributed by atoms with Crippen LogP contribution in [-0.2, 0) is 4.79 Å². The molecule has 90 valence electrons. The highest BCUT2D eigenvalue weighted by Crippen LogP contribution is 2.28. The summed E-state index contributed by atoms with van der Waals surface area (Å²) in [5.74, 6) is 0.879. The van der Waals surface area contributed by atoms with Gasteiger partial charge in [-0.3, -0.25) is 4.79 Å². The number of benzene rings is 1. The van der Waals surface area contributed by atoms with Crippen LogP contribution in [0, 0.1) is 5.92 Å². The molecule has 1 N–H and O–H groups in total. The van der Waals surface area contributed by atoms with Crippen LogP contribution >= 0.6 is 15.9 Å². The summed E-state index contributed by atoms with van der Waals surface area (Å²) < 4.78 is 6.13. The van der Waals surface area contributed by atoms with Gasteiger partial charge in [0.05, 0.1) is 13.3 Å². The van der Waals surface area contributed by atoms with Crippen molar-refractivity contribution in [3.05, 3.63) is 28.2 Å². The zero-order valence-electron chi connectivity index (χ0n) is 9.44. The molecule has 2 rings (SSSR count). The first kappa shape index (κ1) is 12.1. The number of hydrogen-bond acceptors (Lipinski definition) is 3. The average molecular weight is 297 g/mol. The summed E-state index contributed by atoms with van der Waals surface area (Å²) in [4.78, 5) is 11.4. The van der Waals surface area contributed by atoms with E-state index in [0.717, 1.165) is 28.6 Å². The Morgan fingerprint density at radius 3 is 3.00 bits per heavy atom. The second kappa shape index (κ2) is 5.31. The number of halogens is 1. The predicted octanol–water partition coefficient (Wildman–Crippen LogP) is 2.32. The standard InChI is InChI=1S/C12H13BrN2O2/c1-17-11-5-4-10(13)6-9(11)7-14-15-12(16)8-2-3-8/h4-8H,2-3H2,1H3,(H,15,16). The number of methoxy groups -OCH3 is 1. The van der Waals surface area contributed by atoms with Gasteiger partial charge in [-0.1, -0.05) is 15.9 Å². The number of carbonyl (C=O) groups excluding carboxylic acids is 1. The second-order valence-electron chi connectivity index (χ2n) is 3.89. The van der Waals surface area contributed by atoms with E-state index in [1.165, 1.54) is 0 Å². The number of ether oxygens (including phenoxy) is 1. The Labute approximate surface area is 108 Å². The van der Waals surface area contributed by atoms with Gasteiger partial charge in [0, 0.05) is 16.0 Å². The smallest absolute Gasteiger partial charge is 0.243 e. The Hall–Kier alpha value is -1.36. The van der Waals surface area contributed by atoms with E-state index in [2.05, 4.69) is 26.5 Å². The summed E-state index contributed by atoms with van der Waals surface area (Å²) in [7, 11) is 1.60. The highest BCUT2D eigenvalue weighted by molar-refractivity contribution is 9.10. The molecule has 0 spiro atoms. The van der Waals surface area contributed by atoms with Crippen LogP contribution in [0.25, 0.3) is 0 Å². The minimum Gasteiger partial charge on any atom is -0.496 e. The van der Waals surface area contributed by atoms with Crippen LogP contribution in [0.4, 0.5) is 0 Å². The van der Waals surface area contributed by atoms with E-state index in [1.54, 1.807) is 13.3 Å². The van der Waals surface area contributed by atoms with Crippen LogP contribution in [-0.4, -0.2) is 19.2 Å². The zero-order valence-corrected chi connectivity index (χ0v) is 11.0. The van der Waals surface area contributed by atoms with E-state index in [4.69, 9.17) is 4.74 Å². The molecule has 1 aliphatic rings. The molecular formula is C12H13BrN2O2. The van der Waals surface area contributed by atoms with Crippen molar-refractivity contribution >= 4 is 28.1 Å². The van der Waals surface area contributed by atoms with Gasteiger partial charge < -0.3 is 4.74 Å². The highest BCUT2D eigenvalue weighted by Gasteiger charge is 2.29. The first-order valence-electron chi connectivity index (χ1n) is 5.37. The Morgan fingerprint density at radius 1 is 1.59 bits per heavy atom. The van der Waals surface area contributed by atoms with Crippen molar-refractivity contribution in [1.82, 2.24) is 5.43 Å². The van der Waals surface area contributed by atoms with Crippen LogP contribution in [0.5, 0.6) is 5.75 Å². The summed E-state index contributed by atoms with van der Waals surface area (Å²) in [5, 5.41) is 3.93. The van der Waals surface area contributed by atoms with E-state index in [0.29, 0.717) is 0 Å². The summed E-state index contributed by atoms with van der Waals surface area (Å²) in [6.07, 6.45) is 3.53. The monoisotopic (exact) mass is 296 g/mol. The molecule has 1 saturated carbocycles. The average Bonchev–Trinajstić information content (AvgIpc) is 3.13. The number of amides is 1. The maximum atomic E-state index is 11.4. The van der Waals surface area contributed by atoms with Gasteiger partial charge in [-0.2, -0.15) is 5.10 Å². The Bertz CT molecular complexity index is 456. The van der Waals surface area contributed by atoms with Gasteiger partial charge in [-0.25, -0.2) is 5.43 Å². The van der Waals surface area contributed by atoms with Gasteiger partial charge in [0.1, 0.15) is 5.75 Å². The molecule has 1 amide bonds. The number of rotatable bonds is 4. The van der Waals surface area contributed by atoms with Crippen LogP contribution in [0.1, 0.15) is 18.4 Å². The molecule has 1 fully saturated rings. The molecule has 0 radical (unpaired) electrons. The summed E-state index contributed by atoms with van der Waals surface area (Å²) in [5.41, 5.74) is 3.34. The minimum absolute atomic E-state index is 0.00443. The molecule has 0 heterocycles. The van der Waals surface area contributed by atoms with Crippen LogP contribution in [0.3, 0.4) is 0 Å². The fraction of sp³-hybridized carbons (Fsp3) is 0.333. The quantitative estimate of drug-likeness (QED) is 0.685. The molecule has 0 bridgehead atoms. The lowest BCUT2D eigenvalue weighted by Crippen LogP contribution is -2.19. The third-order valence-electron chi connectivity index (χ3n) is 2.52. The van der Waals surface area contributed by atoms with E-state index in [1.807, 2.05) is 18.2 Å². The molecule has 0 aliphatic heterocycles. The molecule has 0 aromatic heterocycles. The number of hydrogen-bond donors (Lipinski definition) is 1. The number of nitrogens with one attached hydrogen (secondary N) is 1. The SMILES string of the molecule is COc1ccc(Br)cc1C=NNC(=O)C1CC1. The number of carbonyl (C=O) groups is 1. The fourth-order valence-corrected chi connectivity index (χ4v) is 1.79. The highest BCUT2D eigenvalue weighted by atomic mass is 79.9. The molecule has 1 aromatic carbocycles. The fourth-order valence-electron chi connectivity index (χ4n) is 1.41. The lowest BCUT2D eigenvalue weighted by Gasteiger charge is -2.04. The second-order valence-corrected chi connectivity index (χ2v) is 4.81. The van der Waals surface area contributed by atoms with Crippen molar-refractivity contribution in [2.24, 2.45) is 11.0 Å². The van der Waals surface area contributed by atoms with E-state index < -0.39 is 0 Å². The third-order valence-corrected chi connectivity index (χ3v) is 3.01. The molecule has 0 unspecified atom stereocenters.